The number of nitrogens with two attached hydrogens (primary N) is 1. The Morgan fingerprint density at radius 1 is 1.39 bits per heavy atom. The summed E-state index contributed by atoms with van der Waals surface area (Å²) in [5.74, 6) is 6.56. The van der Waals surface area contributed by atoms with Crippen molar-refractivity contribution in [3.63, 3.8) is 0 Å². The number of benzene rings is 1. The molecule has 0 aliphatic heterocycles. The fourth-order valence-electron chi connectivity index (χ4n) is 1.81. The zero-order valence-corrected chi connectivity index (χ0v) is 13.0. The highest BCUT2D eigenvalue weighted by molar-refractivity contribution is 14.1. The second-order valence-electron chi connectivity index (χ2n) is 3.79. The molecule has 1 atom stereocenters. The highest BCUT2D eigenvalue weighted by atomic mass is 127. The maximum atomic E-state index is 5.68. The Labute approximate surface area is 124 Å². The fourth-order valence-corrected chi connectivity index (χ4v) is 3.21. The molecule has 2 rings (SSSR count). The van der Waals surface area contributed by atoms with E-state index in [1.165, 1.54) is 8.45 Å². The average molecular weight is 374 g/mol. The van der Waals surface area contributed by atoms with Gasteiger partial charge < -0.3 is 4.74 Å². The van der Waals surface area contributed by atoms with E-state index in [0.29, 0.717) is 6.61 Å². The molecule has 5 heteroatoms. The molecule has 0 aliphatic carbocycles. The van der Waals surface area contributed by atoms with Gasteiger partial charge in [-0.3, -0.25) is 5.84 Å². The fraction of sp³-hybridized carbons (Fsp3) is 0.231. The highest BCUT2D eigenvalue weighted by Gasteiger charge is 2.14. The van der Waals surface area contributed by atoms with Crippen molar-refractivity contribution < 1.29 is 4.74 Å². The van der Waals surface area contributed by atoms with Gasteiger partial charge in [0, 0.05) is 0 Å². The summed E-state index contributed by atoms with van der Waals surface area (Å²) >= 11 is 4.03. The van der Waals surface area contributed by atoms with Crippen LogP contribution in [0.5, 0.6) is 5.75 Å². The van der Waals surface area contributed by atoms with Crippen molar-refractivity contribution in [1.82, 2.24) is 5.43 Å². The molecule has 0 amide bonds. The number of thiophene rings is 1. The zero-order chi connectivity index (χ0) is 13.0. The van der Waals surface area contributed by atoms with E-state index < -0.39 is 0 Å². The number of nitrogens with one attached hydrogen (secondary N) is 1. The molecule has 2 aromatic rings. The maximum absolute atomic E-state index is 5.68. The molecule has 1 unspecified atom stereocenters. The van der Waals surface area contributed by atoms with Crippen molar-refractivity contribution in [3.8, 4) is 5.75 Å². The van der Waals surface area contributed by atoms with Gasteiger partial charge in [-0.25, -0.2) is 5.43 Å². The lowest BCUT2D eigenvalue weighted by molar-refractivity contribution is 0.339. The van der Waals surface area contributed by atoms with Crippen LogP contribution in [0.4, 0.5) is 0 Å². The van der Waals surface area contributed by atoms with E-state index in [1.54, 1.807) is 11.3 Å². The Hall–Kier alpha value is -0.630. The predicted octanol–water partition coefficient (Wildman–Crippen LogP) is 3.30. The van der Waals surface area contributed by atoms with Gasteiger partial charge in [-0.05, 0) is 64.2 Å². The molecule has 0 aliphatic rings. The van der Waals surface area contributed by atoms with Crippen LogP contribution < -0.4 is 16.0 Å². The minimum absolute atomic E-state index is 0.00479. The second kappa shape index (κ2) is 6.51. The standard InChI is InChI=1S/C13H15IN2OS/c1-2-17-11-5-3-4-9(6-11)13(16-15)10-7-12(14)18-8-10/h3-8,13,16H,2,15H2,1H3. The first-order chi connectivity index (χ1) is 8.74. The molecule has 0 saturated heterocycles. The van der Waals surface area contributed by atoms with Crippen LogP contribution in [0.25, 0.3) is 0 Å². The summed E-state index contributed by atoms with van der Waals surface area (Å²) in [7, 11) is 0. The molecule has 0 spiro atoms. The Morgan fingerprint density at radius 3 is 2.83 bits per heavy atom. The minimum atomic E-state index is 0.00479. The third-order valence-corrected chi connectivity index (χ3v) is 4.40. The van der Waals surface area contributed by atoms with Gasteiger partial charge in [0.15, 0.2) is 0 Å². The van der Waals surface area contributed by atoms with Gasteiger partial charge in [0.05, 0.1) is 15.5 Å². The van der Waals surface area contributed by atoms with Crippen LogP contribution in [0.3, 0.4) is 0 Å². The lowest BCUT2D eigenvalue weighted by atomic mass is 10.0. The van der Waals surface area contributed by atoms with Crippen LogP contribution in [-0.2, 0) is 0 Å². The summed E-state index contributed by atoms with van der Waals surface area (Å²) in [6.07, 6.45) is 0. The van der Waals surface area contributed by atoms with Crippen molar-refractivity contribution in [3.05, 3.63) is 49.7 Å². The third-order valence-electron chi connectivity index (χ3n) is 2.59. The van der Waals surface area contributed by atoms with Crippen molar-refractivity contribution in [1.29, 1.82) is 0 Å². The van der Waals surface area contributed by atoms with Gasteiger partial charge >= 0.3 is 0 Å². The number of ether oxygens (including phenoxy) is 1. The summed E-state index contributed by atoms with van der Waals surface area (Å²) in [4.78, 5) is 0. The summed E-state index contributed by atoms with van der Waals surface area (Å²) in [6, 6.07) is 10.2. The summed E-state index contributed by atoms with van der Waals surface area (Å²) < 4.78 is 6.77. The van der Waals surface area contributed by atoms with Crippen LogP contribution in [0, 0.1) is 2.88 Å². The summed E-state index contributed by atoms with van der Waals surface area (Å²) in [6.45, 7) is 2.65. The molecule has 96 valence electrons. The first kappa shape index (κ1) is 13.8. The van der Waals surface area contributed by atoms with E-state index in [2.05, 4.69) is 45.5 Å². The summed E-state index contributed by atoms with van der Waals surface area (Å²) in [5.41, 5.74) is 5.16. The van der Waals surface area contributed by atoms with Crippen molar-refractivity contribution >= 4 is 33.9 Å². The number of hydrogen-bond donors (Lipinski definition) is 2. The largest absolute Gasteiger partial charge is 0.494 e. The van der Waals surface area contributed by atoms with Crippen LogP contribution in [-0.4, -0.2) is 6.61 Å². The summed E-state index contributed by atoms with van der Waals surface area (Å²) in [5, 5.41) is 2.12. The molecule has 3 N–H and O–H groups in total. The topological polar surface area (TPSA) is 47.3 Å². The minimum Gasteiger partial charge on any atom is -0.494 e. The molecular formula is C13H15IN2OS. The quantitative estimate of drug-likeness (QED) is 0.480. The van der Waals surface area contributed by atoms with E-state index in [-0.39, 0.29) is 6.04 Å². The van der Waals surface area contributed by atoms with Gasteiger partial charge in [0.25, 0.3) is 0 Å². The van der Waals surface area contributed by atoms with Gasteiger partial charge in [0.2, 0.25) is 0 Å². The number of hydrogen-bond acceptors (Lipinski definition) is 4. The second-order valence-corrected chi connectivity index (χ2v) is 6.59. The molecule has 1 aromatic carbocycles. The Kier molecular flexibility index (Phi) is 4.99. The Balaban J connectivity index is 2.29. The van der Waals surface area contributed by atoms with Crippen LogP contribution in [0.1, 0.15) is 24.1 Å². The smallest absolute Gasteiger partial charge is 0.119 e. The van der Waals surface area contributed by atoms with E-state index in [4.69, 9.17) is 10.6 Å². The van der Waals surface area contributed by atoms with E-state index in [9.17, 15) is 0 Å². The van der Waals surface area contributed by atoms with E-state index in [0.717, 1.165) is 11.3 Å². The van der Waals surface area contributed by atoms with E-state index in [1.807, 2.05) is 25.1 Å². The SMILES string of the molecule is CCOc1cccc(C(NN)c2csc(I)c2)c1. The number of hydrazine groups is 1. The molecule has 18 heavy (non-hydrogen) atoms. The monoisotopic (exact) mass is 374 g/mol. The molecule has 1 aromatic heterocycles. The van der Waals surface area contributed by atoms with Crippen LogP contribution in [0.2, 0.25) is 0 Å². The Bertz CT molecular complexity index is 515. The predicted molar refractivity (Wildman–Crippen MR) is 83.8 cm³/mol. The Morgan fingerprint density at radius 2 is 2.22 bits per heavy atom. The van der Waals surface area contributed by atoms with Crippen LogP contribution in [0.15, 0.2) is 35.7 Å². The first-order valence-electron chi connectivity index (χ1n) is 5.67. The zero-order valence-electron chi connectivity index (χ0n) is 10.0. The van der Waals surface area contributed by atoms with Gasteiger partial charge in [-0.15, -0.1) is 11.3 Å². The van der Waals surface area contributed by atoms with E-state index >= 15 is 0 Å². The molecule has 0 radical (unpaired) electrons. The lowest BCUT2D eigenvalue weighted by Crippen LogP contribution is -2.28. The van der Waals surface area contributed by atoms with Gasteiger partial charge in [0.1, 0.15) is 5.75 Å². The molecule has 0 fully saturated rings. The number of halogens is 1. The molecule has 1 heterocycles. The molecule has 3 nitrogen and oxygen atoms in total. The van der Waals surface area contributed by atoms with Crippen molar-refractivity contribution in [2.75, 3.05) is 6.61 Å². The van der Waals surface area contributed by atoms with Gasteiger partial charge in [-0.2, -0.15) is 0 Å². The lowest BCUT2D eigenvalue weighted by Gasteiger charge is -2.16. The van der Waals surface area contributed by atoms with Crippen LogP contribution >= 0.6 is 33.9 Å². The maximum Gasteiger partial charge on any atom is 0.119 e. The average Bonchev–Trinajstić information content (AvgIpc) is 2.78. The molecular weight excluding hydrogens is 359 g/mol. The highest BCUT2D eigenvalue weighted by Crippen LogP contribution is 2.28. The first-order valence-corrected chi connectivity index (χ1v) is 7.63. The van der Waals surface area contributed by atoms with Crippen molar-refractivity contribution in [2.24, 2.45) is 5.84 Å². The number of rotatable bonds is 5. The van der Waals surface area contributed by atoms with Gasteiger partial charge in [-0.1, -0.05) is 12.1 Å². The third kappa shape index (κ3) is 3.23. The molecule has 0 bridgehead atoms. The molecule has 0 saturated carbocycles. The van der Waals surface area contributed by atoms with Crippen molar-refractivity contribution in [2.45, 2.75) is 13.0 Å². The normalized spacial score (nSPS) is 12.4.